The van der Waals surface area contributed by atoms with Gasteiger partial charge < -0.3 is 34.2 Å². The molecule has 0 heterocycles. The van der Waals surface area contributed by atoms with Gasteiger partial charge in [0.15, 0.2) is 0 Å². The standard InChI is InChI=1S/C39H44N2O10/c1-3-35(42)48-25-11-7-5-9-23-46-30-17-13-28(14-18-30)38(44)50-32-21-22-34(33(27-32)37(40)41)51-39(45)29-15-19-31(20-16-29)47-24-10-6-8-12-26-49-36(43)4-2/h3-4,13-22,27H,1-2,5-12,23-26H2,(H3,40,41). The molecule has 0 unspecified atom stereocenters. The van der Waals surface area contributed by atoms with Crippen LogP contribution in [0.4, 0.5) is 0 Å². The number of unbranched alkanes of at least 4 members (excludes halogenated alkanes) is 6. The van der Waals surface area contributed by atoms with Crippen LogP contribution in [-0.4, -0.2) is 56.1 Å². The lowest BCUT2D eigenvalue weighted by atomic mass is 10.1. The average molecular weight is 701 g/mol. The highest BCUT2D eigenvalue weighted by atomic mass is 16.5. The summed E-state index contributed by atoms with van der Waals surface area (Å²) in [6.07, 6.45) is 9.11. The molecule has 0 aliphatic heterocycles. The SMILES string of the molecule is C=CC(=O)OCCCCCCOc1ccc(C(=O)Oc2ccc(OC(=O)c3ccc(OCCCCCCOC(=O)C=C)cc3)c(C(=N)N)c2)cc1. The monoisotopic (exact) mass is 700 g/mol. The number of nitrogens with two attached hydrogens (primary N) is 1. The molecule has 0 atom stereocenters. The second-order valence-corrected chi connectivity index (χ2v) is 11.2. The van der Waals surface area contributed by atoms with E-state index in [4.69, 9.17) is 39.6 Å². The first-order chi connectivity index (χ1) is 24.7. The summed E-state index contributed by atoms with van der Waals surface area (Å²) in [5.41, 5.74) is 6.38. The molecule has 12 heteroatoms. The highest BCUT2D eigenvalue weighted by molar-refractivity contribution is 6.00. The maximum atomic E-state index is 12.9. The Hall–Kier alpha value is -5.91. The van der Waals surface area contributed by atoms with Crippen LogP contribution in [-0.2, 0) is 19.1 Å². The van der Waals surface area contributed by atoms with E-state index in [9.17, 15) is 19.2 Å². The third-order valence-electron chi connectivity index (χ3n) is 7.27. The van der Waals surface area contributed by atoms with Gasteiger partial charge in [-0.05, 0) is 118 Å². The summed E-state index contributed by atoms with van der Waals surface area (Å²) < 4.78 is 32.4. The maximum Gasteiger partial charge on any atom is 0.343 e. The van der Waals surface area contributed by atoms with E-state index in [2.05, 4.69) is 13.2 Å². The number of rotatable bonds is 23. The Kier molecular flexibility index (Phi) is 17.0. The van der Waals surface area contributed by atoms with Crippen LogP contribution in [0.1, 0.15) is 77.6 Å². The van der Waals surface area contributed by atoms with E-state index in [0.717, 1.165) is 63.5 Å². The minimum absolute atomic E-state index is 0.0320. The molecular formula is C39H44N2O10. The summed E-state index contributed by atoms with van der Waals surface area (Å²) in [5, 5.41) is 7.98. The second kappa shape index (κ2) is 21.9. The first kappa shape index (κ1) is 39.5. The Labute approximate surface area is 297 Å². The van der Waals surface area contributed by atoms with E-state index in [1.807, 2.05) is 0 Å². The highest BCUT2D eigenvalue weighted by Gasteiger charge is 2.17. The van der Waals surface area contributed by atoms with Gasteiger partial charge in [0.05, 0.1) is 43.1 Å². The van der Waals surface area contributed by atoms with Crippen molar-refractivity contribution in [1.82, 2.24) is 0 Å². The molecule has 0 aliphatic rings. The van der Waals surface area contributed by atoms with Crippen LogP contribution < -0.4 is 24.7 Å². The van der Waals surface area contributed by atoms with Crippen molar-refractivity contribution in [3.63, 3.8) is 0 Å². The molecule has 3 aromatic carbocycles. The molecular weight excluding hydrogens is 656 g/mol. The molecule has 0 aliphatic carbocycles. The van der Waals surface area contributed by atoms with Crippen LogP contribution in [0, 0.1) is 5.41 Å². The molecule has 3 aromatic rings. The van der Waals surface area contributed by atoms with E-state index in [1.54, 1.807) is 48.5 Å². The van der Waals surface area contributed by atoms with Gasteiger partial charge in [-0.1, -0.05) is 13.2 Å². The van der Waals surface area contributed by atoms with E-state index in [0.29, 0.717) is 37.9 Å². The van der Waals surface area contributed by atoms with E-state index >= 15 is 0 Å². The zero-order valence-corrected chi connectivity index (χ0v) is 28.6. The maximum absolute atomic E-state index is 12.9. The van der Waals surface area contributed by atoms with Crippen molar-refractivity contribution < 1.29 is 47.6 Å². The fraction of sp³-hybridized carbons (Fsp3) is 0.308. The molecule has 0 saturated carbocycles. The average Bonchev–Trinajstić information content (AvgIpc) is 3.14. The molecule has 0 spiro atoms. The molecule has 270 valence electrons. The van der Waals surface area contributed by atoms with Crippen molar-refractivity contribution in [1.29, 1.82) is 5.41 Å². The third-order valence-corrected chi connectivity index (χ3v) is 7.27. The number of ether oxygens (including phenoxy) is 6. The normalized spacial score (nSPS) is 10.4. The molecule has 51 heavy (non-hydrogen) atoms. The van der Waals surface area contributed by atoms with Gasteiger partial charge in [0.2, 0.25) is 0 Å². The van der Waals surface area contributed by atoms with E-state index < -0.39 is 23.9 Å². The molecule has 0 saturated heterocycles. The fourth-order valence-corrected chi connectivity index (χ4v) is 4.53. The van der Waals surface area contributed by atoms with Gasteiger partial charge in [-0.25, -0.2) is 19.2 Å². The Morgan fingerprint density at radius 1 is 0.569 bits per heavy atom. The number of carbonyl (C=O) groups excluding carboxylic acids is 4. The zero-order valence-electron chi connectivity index (χ0n) is 28.6. The number of esters is 4. The highest BCUT2D eigenvalue weighted by Crippen LogP contribution is 2.26. The lowest BCUT2D eigenvalue weighted by Crippen LogP contribution is -2.17. The first-order valence-electron chi connectivity index (χ1n) is 16.7. The van der Waals surface area contributed by atoms with Crippen molar-refractivity contribution in [2.45, 2.75) is 51.4 Å². The first-order valence-corrected chi connectivity index (χ1v) is 16.7. The Morgan fingerprint density at radius 3 is 1.41 bits per heavy atom. The number of hydrogen-bond acceptors (Lipinski definition) is 11. The topological polar surface area (TPSA) is 174 Å². The summed E-state index contributed by atoms with van der Waals surface area (Å²) >= 11 is 0. The lowest BCUT2D eigenvalue weighted by Gasteiger charge is -2.12. The molecule has 3 N–H and O–H groups in total. The molecule has 3 rings (SSSR count). The van der Waals surface area contributed by atoms with Gasteiger partial charge in [-0.15, -0.1) is 0 Å². The minimum atomic E-state index is -0.667. The fourth-order valence-electron chi connectivity index (χ4n) is 4.53. The Balaban J connectivity index is 1.42. The largest absolute Gasteiger partial charge is 0.494 e. The number of nitrogens with one attached hydrogen (secondary N) is 1. The zero-order chi connectivity index (χ0) is 36.8. The summed E-state index contributed by atoms with van der Waals surface area (Å²) in [5.74, 6) is -1.17. The van der Waals surface area contributed by atoms with Crippen molar-refractivity contribution in [2.24, 2.45) is 5.73 Å². The van der Waals surface area contributed by atoms with Gasteiger partial charge in [0, 0.05) is 12.2 Å². The van der Waals surface area contributed by atoms with E-state index in [1.165, 1.54) is 18.2 Å². The van der Waals surface area contributed by atoms with E-state index in [-0.39, 0.29) is 34.0 Å². The number of nitrogen functional groups attached to an aromatic ring is 1. The molecule has 0 fully saturated rings. The molecule has 0 radical (unpaired) electrons. The molecule has 0 aromatic heterocycles. The lowest BCUT2D eigenvalue weighted by molar-refractivity contribution is -0.138. The summed E-state index contributed by atoms with van der Waals surface area (Å²) in [7, 11) is 0. The molecule has 12 nitrogen and oxygen atoms in total. The molecule has 0 amide bonds. The van der Waals surface area contributed by atoms with Crippen LogP contribution in [0.15, 0.2) is 92.0 Å². The Bertz CT molecular complexity index is 1630. The van der Waals surface area contributed by atoms with Crippen LogP contribution in [0.5, 0.6) is 23.0 Å². The number of benzene rings is 3. The molecule has 0 bridgehead atoms. The predicted molar refractivity (Wildman–Crippen MR) is 190 cm³/mol. The van der Waals surface area contributed by atoms with Gasteiger partial charge in [-0.3, -0.25) is 5.41 Å². The van der Waals surface area contributed by atoms with Gasteiger partial charge in [0.1, 0.15) is 28.8 Å². The predicted octanol–water partition coefficient (Wildman–Crippen LogP) is 6.75. The van der Waals surface area contributed by atoms with Crippen LogP contribution in [0.25, 0.3) is 0 Å². The third kappa shape index (κ3) is 14.6. The van der Waals surface area contributed by atoms with Gasteiger partial charge in [0.25, 0.3) is 0 Å². The van der Waals surface area contributed by atoms with Crippen LogP contribution >= 0.6 is 0 Å². The van der Waals surface area contributed by atoms with Gasteiger partial charge in [-0.2, -0.15) is 0 Å². The van der Waals surface area contributed by atoms with Crippen molar-refractivity contribution in [3.05, 3.63) is 109 Å². The van der Waals surface area contributed by atoms with Gasteiger partial charge >= 0.3 is 23.9 Å². The smallest absolute Gasteiger partial charge is 0.343 e. The second-order valence-electron chi connectivity index (χ2n) is 11.2. The number of carbonyl (C=O) groups is 4. The van der Waals surface area contributed by atoms with Crippen LogP contribution in [0.2, 0.25) is 0 Å². The minimum Gasteiger partial charge on any atom is -0.494 e. The van der Waals surface area contributed by atoms with Crippen molar-refractivity contribution in [2.75, 3.05) is 26.4 Å². The van der Waals surface area contributed by atoms with Crippen molar-refractivity contribution in [3.8, 4) is 23.0 Å². The number of hydrogen-bond donors (Lipinski definition) is 2. The summed E-state index contributed by atoms with van der Waals surface area (Å²) in [6.45, 7) is 8.44. The Morgan fingerprint density at radius 2 is 0.980 bits per heavy atom. The van der Waals surface area contributed by atoms with Crippen molar-refractivity contribution >= 4 is 29.7 Å². The summed E-state index contributed by atoms with van der Waals surface area (Å²) in [4.78, 5) is 47.7. The number of amidine groups is 1. The summed E-state index contributed by atoms with van der Waals surface area (Å²) in [6, 6.07) is 17.2. The quantitative estimate of drug-likeness (QED) is 0.0268. The van der Waals surface area contributed by atoms with Crippen LogP contribution in [0.3, 0.4) is 0 Å².